The third-order valence-electron chi connectivity index (χ3n) is 5.14. The van der Waals surface area contributed by atoms with Gasteiger partial charge in [-0.3, -0.25) is 4.79 Å². The number of amides is 1. The lowest BCUT2D eigenvalue weighted by Crippen LogP contribution is -2.18. The van der Waals surface area contributed by atoms with E-state index in [0.717, 1.165) is 5.56 Å². The number of hydrogen-bond acceptors (Lipinski definition) is 6. The van der Waals surface area contributed by atoms with Crippen molar-refractivity contribution in [3.05, 3.63) is 96.6 Å². The Balaban J connectivity index is 1.60. The predicted octanol–water partition coefficient (Wildman–Crippen LogP) is 5.33. The molecule has 0 saturated carbocycles. The molecule has 4 rings (SSSR count). The molecule has 0 unspecified atom stereocenters. The van der Waals surface area contributed by atoms with Crippen molar-refractivity contribution in [3.63, 3.8) is 0 Å². The van der Waals surface area contributed by atoms with E-state index in [1.165, 1.54) is 6.21 Å². The van der Waals surface area contributed by atoms with Crippen molar-refractivity contribution < 1.29 is 19.4 Å². The highest BCUT2D eigenvalue weighted by Gasteiger charge is 2.15. The molecule has 0 atom stereocenters. The van der Waals surface area contributed by atoms with E-state index in [-0.39, 0.29) is 5.75 Å². The summed E-state index contributed by atoms with van der Waals surface area (Å²) in [6, 6.07) is 21.3. The number of ether oxygens (including phenoxy) is 2. The molecule has 2 N–H and O–H groups in total. The van der Waals surface area contributed by atoms with Crippen molar-refractivity contribution >= 4 is 23.0 Å². The number of rotatable bonds is 9. The first kappa shape index (κ1) is 23.5. The van der Waals surface area contributed by atoms with Crippen LogP contribution >= 0.6 is 0 Å². The Morgan fingerprint density at radius 2 is 1.86 bits per heavy atom. The summed E-state index contributed by atoms with van der Waals surface area (Å²) in [7, 11) is 0. The van der Waals surface area contributed by atoms with Gasteiger partial charge in [-0.05, 0) is 55.0 Å². The van der Waals surface area contributed by atoms with Gasteiger partial charge >= 0.3 is 0 Å². The summed E-state index contributed by atoms with van der Waals surface area (Å²) >= 11 is 0. The van der Waals surface area contributed by atoms with E-state index in [4.69, 9.17) is 9.47 Å². The molecule has 0 aliphatic heterocycles. The van der Waals surface area contributed by atoms with Gasteiger partial charge in [0, 0.05) is 10.9 Å². The number of fused-ring (bicyclic) bond motifs is 1. The fourth-order valence-electron chi connectivity index (χ4n) is 3.56. The standard InChI is InChI=1S/C28H25N3O4/c1-3-15-35-26-14-13-19(16-27(26)34-4-2)18-29-31-28(33)22-17-24(21-10-6-8-12-25(21)32)30-23-11-7-5-9-20(22)23/h3,5-14,16-18,32H,1,4,15H2,2H3,(H,31,33)/b29-18+. The van der Waals surface area contributed by atoms with Crippen LogP contribution in [0.2, 0.25) is 0 Å². The van der Waals surface area contributed by atoms with Gasteiger partial charge < -0.3 is 14.6 Å². The molecule has 0 spiro atoms. The average molecular weight is 468 g/mol. The van der Waals surface area contributed by atoms with Crippen molar-refractivity contribution in [2.45, 2.75) is 6.92 Å². The molecule has 1 aromatic heterocycles. The SMILES string of the molecule is C=CCOc1ccc(/C=N/NC(=O)c2cc(-c3ccccc3O)nc3ccccc23)cc1OCC. The number of benzene rings is 3. The summed E-state index contributed by atoms with van der Waals surface area (Å²) in [5.74, 6) is 0.878. The van der Waals surface area contributed by atoms with Crippen molar-refractivity contribution in [2.75, 3.05) is 13.2 Å². The second-order valence-corrected chi connectivity index (χ2v) is 7.53. The molecule has 3 aromatic carbocycles. The zero-order valence-electron chi connectivity index (χ0n) is 19.3. The van der Waals surface area contributed by atoms with E-state index in [0.29, 0.717) is 52.4 Å². The number of carbonyl (C=O) groups excluding carboxylic acids is 1. The summed E-state index contributed by atoms with van der Waals surface area (Å²) in [6.45, 7) is 6.39. The summed E-state index contributed by atoms with van der Waals surface area (Å²) in [4.78, 5) is 17.7. The number of phenolic OH excluding ortho intramolecular Hbond substituents is 1. The van der Waals surface area contributed by atoms with Gasteiger partial charge in [0.2, 0.25) is 0 Å². The third kappa shape index (κ3) is 5.47. The predicted molar refractivity (Wildman–Crippen MR) is 137 cm³/mol. The molecule has 35 heavy (non-hydrogen) atoms. The van der Waals surface area contributed by atoms with Gasteiger partial charge in [0.25, 0.3) is 5.91 Å². The van der Waals surface area contributed by atoms with Crippen LogP contribution in [0.15, 0.2) is 90.6 Å². The number of carbonyl (C=O) groups is 1. The van der Waals surface area contributed by atoms with Crippen LogP contribution in [0.25, 0.3) is 22.2 Å². The number of pyridine rings is 1. The van der Waals surface area contributed by atoms with Crippen molar-refractivity contribution in [1.29, 1.82) is 0 Å². The van der Waals surface area contributed by atoms with Gasteiger partial charge in [-0.2, -0.15) is 5.10 Å². The topological polar surface area (TPSA) is 93.0 Å². The van der Waals surface area contributed by atoms with Crippen molar-refractivity contribution in [2.24, 2.45) is 5.10 Å². The molecule has 7 nitrogen and oxygen atoms in total. The summed E-state index contributed by atoms with van der Waals surface area (Å²) in [5.41, 5.74) is 5.39. The van der Waals surface area contributed by atoms with Gasteiger partial charge in [0.05, 0.1) is 29.6 Å². The minimum absolute atomic E-state index is 0.0882. The molecule has 0 bridgehead atoms. The number of nitrogens with one attached hydrogen (secondary N) is 1. The zero-order chi connectivity index (χ0) is 24.6. The summed E-state index contributed by atoms with van der Waals surface area (Å²) < 4.78 is 11.3. The van der Waals surface area contributed by atoms with Crippen LogP contribution in [0, 0.1) is 0 Å². The van der Waals surface area contributed by atoms with Gasteiger partial charge in [0.15, 0.2) is 11.5 Å². The highest BCUT2D eigenvalue weighted by atomic mass is 16.5. The Kier molecular flexibility index (Phi) is 7.37. The number of nitrogens with zero attached hydrogens (tertiary/aromatic N) is 2. The smallest absolute Gasteiger partial charge is 0.272 e. The molecule has 0 fully saturated rings. The monoisotopic (exact) mass is 467 g/mol. The van der Waals surface area contributed by atoms with E-state index in [9.17, 15) is 9.90 Å². The van der Waals surface area contributed by atoms with Crippen LogP contribution in [0.1, 0.15) is 22.8 Å². The first-order valence-corrected chi connectivity index (χ1v) is 11.1. The first-order chi connectivity index (χ1) is 17.1. The van der Waals surface area contributed by atoms with Gasteiger partial charge in [-0.1, -0.05) is 43.0 Å². The molecule has 7 heteroatoms. The minimum Gasteiger partial charge on any atom is -0.507 e. The molecule has 176 valence electrons. The summed E-state index contributed by atoms with van der Waals surface area (Å²) in [6.07, 6.45) is 3.19. The zero-order valence-corrected chi connectivity index (χ0v) is 19.3. The Bertz CT molecular complexity index is 1400. The maximum atomic E-state index is 13.1. The Morgan fingerprint density at radius 1 is 1.06 bits per heavy atom. The lowest BCUT2D eigenvalue weighted by Gasteiger charge is -2.11. The molecule has 4 aromatic rings. The van der Waals surface area contributed by atoms with E-state index in [2.05, 4.69) is 22.1 Å². The van der Waals surface area contributed by atoms with Gasteiger partial charge in [-0.15, -0.1) is 0 Å². The number of hydrogen-bond donors (Lipinski definition) is 2. The Labute approximate surface area is 203 Å². The minimum atomic E-state index is -0.396. The van der Waals surface area contributed by atoms with Crippen LogP contribution in [0.3, 0.4) is 0 Å². The van der Waals surface area contributed by atoms with Crippen molar-refractivity contribution in [1.82, 2.24) is 10.4 Å². The second kappa shape index (κ2) is 11.0. The fourth-order valence-corrected chi connectivity index (χ4v) is 3.56. The van der Waals surface area contributed by atoms with Gasteiger partial charge in [0.1, 0.15) is 12.4 Å². The summed E-state index contributed by atoms with van der Waals surface area (Å²) in [5, 5.41) is 15.1. The van der Waals surface area contributed by atoms with E-state index < -0.39 is 5.91 Å². The molecule has 0 radical (unpaired) electrons. The maximum absolute atomic E-state index is 13.1. The molecule has 0 aliphatic carbocycles. The average Bonchev–Trinajstić information content (AvgIpc) is 2.88. The van der Waals surface area contributed by atoms with Crippen LogP contribution in [0.4, 0.5) is 0 Å². The number of para-hydroxylation sites is 2. The number of hydrazone groups is 1. The lowest BCUT2D eigenvalue weighted by atomic mass is 10.0. The fraction of sp³-hybridized carbons (Fsp3) is 0.107. The highest BCUT2D eigenvalue weighted by molar-refractivity contribution is 6.07. The molecular weight excluding hydrogens is 442 g/mol. The largest absolute Gasteiger partial charge is 0.507 e. The highest BCUT2D eigenvalue weighted by Crippen LogP contribution is 2.31. The van der Waals surface area contributed by atoms with E-state index in [1.54, 1.807) is 48.5 Å². The number of aromatic nitrogens is 1. The van der Waals surface area contributed by atoms with Crippen LogP contribution in [0.5, 0.6) is 17.2 Å². The number of aromatic hydroxyl groups is 1. The van der Waals surface area contributed by atoms with Crippen LogP contribution in [-0.2, 0) is 0 Å². The third-order valence-corrected chi connectivity index (χ3v) is 5.14. The van der Waals surface area contributed by atoms with Gasteiger partial charge in [-0.25, -0.2) is 10.4 Å². The van der Waals surface area contributed by atoms with Crippen LogP contribution in [-0.4, -0.2) is 35.4 Å². The lowest BCUT2D eigenvalue weighted by molar-refractivity contribution is 0.0956. The quantitative estimate of drug-likeness (QED) is 0.197. The molecular formula is C28H25N3O4. The molecule has 1 amide bonds. The Hall–Kier alpha value is -4.65. The molecule has 0 aliphatic rings. The number of phenols is 1. The first-order valence-electron chi connectivity index (χ1n) is 11.1. The van der Waals surface area contributed by atoms with E-state index in [1.807, 2.05) is 37.3 Å². The van der Waals surface area contributed by atoms with Crippen LogP contribution < -0.4 is 14.9 Å². The van der Waals surface area contributed by atoms with Crippen molar-refractivity contribution in [3.8, 4) is 28.5 Å². The normalized spacial score (nSPS) is 10.9. The Morgan fingerprint density at radius 3 is 2.66 bits per heavy atom. The maximum Gasteiger partial charge on any atom is 0.272 e. The molecule has 1 heterocycles. The van der Waals surface area contributed by atoms with E-state index >= 15 is 0 Å². The second-order valence-electron chi connectivity index (χ2n) is 7.53. The molecule has 0 saturated heterocycles.